The molecule has 1 saturated carbocycles. The second-order valence-corrected chi connectivity index (χ2v) is 6.90. The van der Waals surface area contributed by atoms with Crippen LogP contribution in [0.15, 0.2) is 36.4 Å². The number of carboxylic acid groups (broad SMARTS) is 2. The van der Waals surface area contributed by atoms with Gasteiger partial charge in [0.05, 0.1) is 11.8 Å². The Morgan fingerprint density at radius 1 is 0.731 bits per heavy atom. The molecule has 1 aliphatic carbocycles. The maximum Gasteiger partial charge on any atom is 0.308 e. The molecule has 0 bridgehead atoms. The van der Waals surface area contributed by atoms with Gasteiger partial charge in [-0.15, -0.1) is 0 Å². The molecule has 6 nitrogen and oxygen atoms in total. The van der Waals surface area contributed by atoms with Crippen LogP contribution in [0.3, 0.4) is 0 Å². The van der Waals surface area contributed by atoms with E-state index in [1.165, 1.54) is 12.1 Å². The van der Waals surface area contributed by atoms with Gasteiger partial charge in [0.1, 0.15) is 11.5 Å². The van der Waals surface area contributed by atoms with E-state index in [0.29, 0.717) is 11.1 Å². The highest BCUT2D eigenvalue weighted by Gasteiger charge is 2.60. The summed E-state index contributed by atoms with van der Waals surface area (Å²) >= 11 is 0. The summed E-state index contributed by atoms with van der Waals surface area (Å²) in [5.41, 5.74) is 2.43. The second-order valence-electron chi connectivity index (χ2n) is 6.90. The molecule has 3 rings (SSSR count). The summed E-state index contributed by atoms with van der Waals surface area (Å²) in [6, 6.07) is 9.69. The average Bonchev–Trinajstić information content (AvgIpc) is 2.52. The average molecular weight is 356 g/mol. The zero-order valence-electron chi connectivity index (χ0n) is 14.4. The molecule has 4 atom stereocenters. The minimum absolute atomic E-state index is 0.0761. The van der Waals surface area contributed by atoms with E-state index in [1.54, 1.807) is 24.3 Å². The molecule has 0 aromatic heterocycles. The lowest BCUT2D eigenvalue weighted by Gasteiger charge is -2.48. The first kappa shape index (κ1) is 17.8. The molecule has 0 saturated heterocycles. The minimum Gasteiger partial charge on any atom is -0.508 e. The Labute approximate surface area is 150 Å². The number of carboxylic acids is 2. The van der Waals surface area contributed by atoms with Crippen molar-refractivity contribution in [2.75, 3.05) is 0 Å². The van der Waals surface area contributed by atoms with Gasteiger partial charge in [0.15, 0.2) is 0 Å². The highest BCUT2D eigenvalue weighted by atomic mass is 16.4. The molecular formula is C20H20O6. The number of hydrogen-bond acceptors (Lipinski definition) is 4. The Balaban J connectivity index is 2.20. The normalized spacial score (nSPS) is 24.7. The van der Waals surface area contributed by atoms with Gasteiger partial charge in [0, 0.05) is 11.8 Å². The highest BCUT2D eigenvalue weighted by molar-refractivity contribution is 5.86. The standard InChI is InChI=1S/C20H20O6/c1-9-3-5-13(21)11(7-9)15-16(12-8-10(2)4-6-14(12)22)18(20(25)26)17(15)19(23)24/h3-8,15-18,21-22H,1-2H3,(H,23,24)(H,25,26)/t15-,16-,17-,18-/m1/s1. The van der Waals surface area contributed by atoms with Crippen molar-refractivity contribution in [1.82, 2.24) is 0 Å². The highest BCUT2D eigenvalue weighted by Crippen LogP contribution is 2.60. The summed E-state index contributed by atoms with van der Waals surface area (Å²) in [7, 11) is 0. The second kappa shape index (κ2) is 6.37. The topological polar surface area (TPSA) is 115 Å². The van der Waals surface area contributed by atoms with E-state index >= 15 is 0 Å². The van der Waals surface area contributed by atoms with Gasteiger partial charge in [-0.1, -0.05) is 35.4 Å². The van der Waals surface area contributed by atoms with E-state index < -0.39 is 35.6 Å². The number of carbonyl (C=O) groups is 2. The Hall–Kier alpha value is -3.02. The zero-order valence-corrected chi connectivity index (χ0v) is 14.4. The van der Waals surface area contributed by atoms with E-state index in [1.807, 2.05) is 13.8 Å². The number of hydrogen-bond donors (Lipinski definition) is 4. The van der Waals surface area contributed by atoms with E-state index in [4.69, 9.17) is 0 Å². The van der Waals surface area contributed by atoms with E-state index in [2.05, 4.69) is 0 Å². The molecule has 6 heteroatoms. The van der Waals surface area contributed by atoms with Crippen molar-refractivity contribution < 1.29 is 30.0 Å². The molecule has 2 aromatic carbocycles. The third-order valence-electron chi connectivity index (χ3n) is 5.20. The van der Waals surface area contributed by atoms with Crippen molar-refractivity contribution in [1.29, 1.82) is 0 Å². The number of phenols is 2. The van der Waals surface area contributed by atoms with Crippen LogP contribution in [0.1, 0.15) is 34.1 Å². The van der Waals surface area contributed by atoms with Crippen LogP contribution in [-0.4, -0.2) is 32.4 Å². The largest absolute Gasteiger partial charge is 0.508 e. The molecule has 1 fully saturated rings. The fourth-order valence-electron chi connectivity index (χ4n) is 4.02. The van der Waals surface area contributed by atoms with Crippen LogP contribution in [0.5, 0.6) is 11.5 Å². The van der Waals surface area contributed by atoms with E-state index in [-0.39, 0.29) is 11.5 Å². The molecule has 0 heterocycles. The Morgan fingerprint density at radius 3 is 1.38 bits per heavy atom. The molecule has 0 radical (unpaired) electrons. The van der Waals surface area contributed by atoms with E-state index in [0.717, 1.165) is 11.1 Å². The van der Waals surface area contributed by atoms with Crippen molar-refractivity contribution >= 4 is 11.9 Å². The Kier molecular flexibility index (Phi) is 4.36. The number of benzene rings is 2. The Morgan fingerprint density at radius 2 is 1.08 bits per heavy atom. The van der Waals surface area contributed by atoms with Gasteiger partial charge in [-0.25, -0.2) is 0 Å². The fourth-order valence-corrected chi connectivity index (χ4v) is 4.02. The fraction of sp³-hybridized carbons (Fsp3) is 0.300. The van der Waals surface area contributed by atoms with Crippen molar-refractivity contribution in [2.24, 2.45) is 11.8 Å². The summed E-state index contributed by atoms with van der Waals surface area (Å²) < 4.78 is 0. The molecule has 0 unspecified atom stereocenters. The Bertz CT molecular complexity index is 814. The van der Waals surface area contributed by atoms with Gasteiger partial charge < -0.3 is 20.4 Å². The van der Waals surface area contributed by atoms with Gasteiger partial charge >= 0.3 is 11.9 Å². The van der Waals surface area contributed by atoms with Crippen LogP contribution in [0.4, 0.5) is 0 Å². The predicted molar refractivity (Wildman–Crippen MR) is 93.4 cm³/mol. The molecule has 26 heavy (non-hydrogen) atoms. The first-order valence-electron chi connectivity index (χ1n) is 8.27. The molecule has 2 aromatic rings. The van der Waals surface area contributed by atoms with E-state index in [9.17, 15) is 30.0 Å². The number of rotatable bonds is 4. The summed E-state index contributed by atoms with van der Waals surface area (Å²) in [6.45, 7) is 3.62. The first-order chi connectivity index (χ1) is 12.2. The third kappa shape index (κ3) is 2.77. The minimum atomic E-state index is -1.23. The number of aliphatic carboxylic acids is 2. The van der Waals surface area contributed by atoms with Crippen molar-refractivity contribution in [2.45, 2.75) is 25.7 Å². The van der Waals surface area contributed by atoms with Crippen molar-refractivity contribution in [3.05, 3.63) is 58.7 Å². The summed E-state index contributed by atoms with van der Waals surface area (Å²) in [6.07, 6.45) is 0. The molecular weight excluding hydrogens is 336 g/mol. The van der Waals surface area contributed by atoms with Gasteiger partial charge in [0.2, 0.25) is 0 Å². The molecule has 4 N–H and O–H groups in total. The SMILES string of the molecule is Cc1ccc(O)c([C@H]2[C@@H](C(=O)O)[C@H](C(=O)O)[C@@H]2c2cc(C)ccc2O)c1. The molecule has 136 valence electrons. The quantitative estimate of drug-likeness (QED) is 0.669. The smallest absolute Gasteiger partial charge is 0.308 e. The summed E-state index contributed by atoms with van der Waals surface area (Å²) in [5, 5.41) is 39.8. The first-order valence-corrected chi connectivity index (χ1v) is 8.27. The van der Waals surface area contributed by atoms with Gasteiger partial charge in [-0.3, -0.25) is 9.59 Å². The maximum absolute atomic E-state index is 11.8. The van der Waals surface area contributed by atoms with Crippen LogP contribution in [0.25, 0.3) is 0 Å². The van der Waals surface area contributed by atoms with Crippen LogP contribution in [0, 0.1) is 25.7 Å². The van der Waals surface area contributed by atoms with Gasteiger partial charge in [0.25, 0.3) is 0 Å². The number of aryl methyl sites for hydroxylation is 2. The van der Waals surface area contributed by atoms with Gasteiger partial charge in [-0.05, 0) is 37.1 Å². The lowest BCUT2D eigenvalue weighted by molar-refractivity contribution is -0.164. The third-order valence-corrected chi connectivity index (χ3v) is 5.20. The molecule has 0 spiro atoms. The van der Waals surface area contributed by atoms with Crippen LogP contribution in [0.2, 0.25) is 0 Å². The van der Waals surface area contributed by atoms with Crippen LogP contribution < -0.4 is 0 Å². The number of phenolic OH excluding ortho intramolecular Hbond substituents is 2. The molecule has 1 aliphatic rings. The molecule has 0 aliphatic heterocycles. The monoisotopic (exact) mass is 356 g/mol. The van der Waals surface area contributed by atoms with Gasteiger partial charge in [-0.2, -0.15) is 0 Å². The molecule has 0 amide bonds. The summed E-state index contributed by atoms with van der Waals surface area (Å²) in [4.78, 5) is 23.6. The van der Waals surface area contributed by atoms with Crippen molar-refractivity contribution in [3.8, 4) is 11.5 Å². The van der Waals surface area contributed by atoms with Crippen molar-refractivity contribution in [3.63, 3.8) is 0 Å². The number of aromatic hydroxyl groups is 2. The lowest BCUT2D eigenvalue weighted by Crippen LogP contribution is -2.51. The van der Waals surface area contributed by atoms with Crippen LogP contribution in [-0.2, 0) is 9.59 Å². The zero-order chi connectivity index (χ0) is 19.2. The van der Waals surface area contributed by atoms with Crippen LogP contribution >= 0.6 is 0 Å². The summed E-state index contributed by atoms with van der Waals surface area (Å²) in [5.74, 6) is -6.49. The lowest BCUT2D eigenvalue weighted by atomic mass is 9.52. The predicted octanol–water partition coefficient (Wildman–Crippen LogP) is 3.00. The maximum atomic E-state index is 11.8.